The molecule has 1 unspecified atom stereocenters. The fourth-order valence-corrected chi connectivity index (χ4v) is 2.45. The summed E-state index contributed by atoms with van der Waals surface area (Å²) in [7, 11) is -1.39. The average Bonchev–Trinajstić information content (AvgIpc) is 3.21. The fourth-order valence-electron chi connectivity index (χ4n) is 2.16. The Morgan fingerprint density at radius 2 is 2.14 bits per heavy atom. The highest BCUT2D eigenvalue weighted by Gasteiger charge is 2.23. The minimum atomic E-state index is -1.39. The molecule has 0 saturated heterocycles. The lowest BCUT2D eigenvalue weighted by atomic mass is 10.0. The molecule has 21 heavy (non-hydrogen) atoms. The van der Waals surface area contributed by atoms with E-state index in [1.54, 1.807) is 0 Å². The Hall–Kier alpha value is -1.13. The molecule has 1 aromatic rings. The molecule has 0 spiro atoms. The van der Waals surface area contributed by atoms with Crippen molar-refractivity contribution in [3.8, 4) is 5.75 Å². The van der Waals surface area contributed by atoms with Gasteiger partial charge >= 0.3 is 0 Å². The predicted octanol–water partition coefficient (Wildman–Crippen LogP) is 3.59. The Labute approximate surface area is 130 Å². The van der Waals surface area contributed by atoms with Gasteiger partial charge in [0.1, 0.15) is 5.75 Å². The second-order valence-electron chi connectivity index (χ2n) is 6.46. The van der Waals surface area contributed by atoms with Crippen LogP contribution in [-0.2, 0) is 11.0 Å². The first-order valence-electron chi connectivity index (χ1n) is 7.39. The van der Waals surface area contributed by atoms with E-state index >= 15 is 0 Å². The van der Waals surface area contributed by atoms with E-state index in [1.807, 2.05) is 26.8 Å². The summed E-state index contributed by atoms with van der Waals surface area (Å²) in [6, 6.07) is 6.21. The highest BCUT2D eigenvalue weighted by Crippen LogP contribution is 2.31. The lowest BCUT2D eigenvalue weighted by Gasteiger charge is -2.18. The molecule has 2 N–H and O–H groups in total. The molecule has 0 aromatic heterocycles. The maximum atomic E-state index is 11.6. The third kappa shape index (κ3) is 4.42. The van der Waals surface area contributed by atoms with Crippen LogP contribution < -0.4 is 9.88 Å². The number of rotatable bonds is 6. The van der Waals surface area contributed by atoms with Crippen molar-refractivity contribution >= 4 is 16.6 Å². The largest absolute Gasteiger partial charge is 0.493 e. The highest BCUT2D eigenvalue weighted by atomic mass is 32.2. The lowest BCUT2D eigenvalue weighted by molar-refractivity contribution is 0.298. The smallest absolute Gasteiger partial charge is 0.122 e. The highest BCUT2D eigenvalue weighted by molar-refractivity contribution is 7.84. The van der Waals surface area contributed by atoms with Crippen LogP contribution in [0.25, 0.3) is 5.57 Å². The van der Waals surface area contributed by atoms with Crippen LogP contribution in [-0.4, -0.2) is 15.6 Å². The van der Waals surface area contributed by atoms with Gasteiger partial charge in [-0.1, -0.05) is 18.2 Å². The number of hydrogen-bond acceptors (Lipinski definition) is 2. The summed E-state index contributed by atoms with van der Waals surface area (Å²) in [5.74, 6) is 1.68. The van der Waals surface area contributed by atoms with E-state index in [9.17, 15) is 4.21 Å². The van der Waals surface area contributed by atoms with Gasteiger partial charge in [-0.3, -0.25) is 5.14 Å². The van der Waals surface area contributed by atoms with Crippen molar-refractivity contribution in [3.63, 3.8) is 0 Å². The second-order valence-corrected chi connectivity index (χ2v) is 8.11. The van der Waals surface area contributed by atoms with Crippen LogP contribution in [0, 0.1) is 12.8 Å². The number of benzene rings is 1. The standard InChI is InChI=1S/C17H25NO2S/c1-12-5-8-15(9-16(12)20-11-14-6-7-14)13(2)10-17(3,4)21(18)19/h5,8-10,14H,6-7,11,18H2,1-4H3. The third-order valence-electron chi connectivity index (χ3n) is 3.90. The van der Waals surface area contributed by atoms with Gasteiger partial charge in [0, 0.05) is 0 Å². The van der Waals surface area contributed by atoms with Crippen LogP contribution in [0.4, 0.5) is 0 Å². The summed E-state index contributed by atoms with van der Waals surface area (Å²) in [5, 5.41) is 5.54. The number of nitrogens with two attached hydrogens (primary N) is 1. The maximum absolute atomic E-state index is 11.6. The summed E-state index contributed by atoms with van der Waals surface area (Å²) in [6.07, 6.45) is 4.54. The van der Waals surface area contributed by atoms with Gasteiger partial charge in [-0.15, -0.1) is 0 Å². The molecular weight excluding hydrogens is 282 g/mol. The normalized spacial score (nSPS) is 17.7. The minimum Gasteiger partial charge on any atom is -0.493 e. The zero-order chi connectivity index (χ0) is 15.6. The minimum absolute atomic E-state index is 0.538. The first-order chi connectivity index (χ1) is 9.79. The van der Waals surface area contributed by atoms with Crippen molar-refractivity contribution in [3.05, 3.63) is 35.4 Å². The Morgan fingerprint density at radius 1 is 1.48 bits per heavy atom. The molecule has 0 radical (unpaired) electrons. The predicted molar refractivity (Wildman–Crippen MR) is 89.5 cm³/mol. The van der Waals surface area contributed by atoms with Crippen LogP contribution in [0.2, 0.25) is 0 Å². The van der Waals surface area contributed by atoms with E-state index in [0.29, 0.717) is 0 Å². The van der Waals surface area contributed by atoms with Gasteiger partial charge in [0.2, 0.25) is 0 Å². The second kappa shape index (κ2) is 6.32. The molecule has 0 heterocycles. The van der Waals surface area contributed by atoms with Gasteiger partial charge in [-0.05, 0) is 69.2 Å². The van der Waals surface area contributed by atoms with Crippen molar-refractivity contribution in [1.29, 1.82) is 0 Å². The molecule has 1 saturated carbocycles. The maximum Gasteiger partial charge on any atom is 0.122 e. The Balaban J connectivity index is 2.20. The number of hydrogen-bond donors (Lipinski definition) is 1. The van der Waals surface area contributed by atoms with Crippen LogP contribution >= 0.6 is 0 Å². The SMILES string of the molecule is CC(=CC(C)(C)S(N)=O)c1ccc(C)c(OCC2CC2)c1. The van der Waals surface area contributed by atoms with Crippen molar-refractivity contribution in [1.82, 2.24) is 0 Å². The molecule has 1 fully saturated rings. The Kier molecular flexibility index (Phi) is 4.89. The van der Waals surface area contributed by atoms with E-state index in [2.05, 4.69) is 25.1 Å². The first kappa shape index (κ1) is 16.2. The van der Waals surface area contributed by atoms with Crippen molar-refractivity contribution in [2.75, 3.05) is 6.61 Å². The number of allylic oxidation sites excluding steroid dienone is 1. The molecule has 116 valence electrons. The molecule has 1 aliphatic rings. The van der Waals surface area contributed by atoms with Gasteiger partial charge in [0.05, 0.1) is 22.3 Å². The summed E-state index contributed by atoms with van der Waals surface area (Å²) in [6.45, 7) is 8.65. The number of aryl methyl sites for hydroxylation is 1. The average molecular weight is 307 g/mol. The van der Waals surface area contributed by atoms with Gasteiger partial charge in [-0.2, -0.15) is 0 Å². The zero-order valence-electron chi connectivity index (χ0n) is 13.3. The summed E-state index contributed by atoms with van der Waals surface area (Å²) < 4.78 is 16.9. The van der Waals surface area contributed by atoms with E-state index in [1.165, 1.54) is 12.8 Å². The van der Waals surface area contributed by atoms with Gasteiger partial charge < -0.3 is 4.74 Å². The molecule has 3 nitrogen and oxygen atoms in total. The molecule has 4 heteroatoms. The summed E-state index contributed by atoms with van der Waals surface area (Å²) in [4.78, 5) is 0. The molecule has 0 bridgehead atoms. The third-order valence-corrected chi connectivity index (χ3v) is 5.05. The van der Waals surface area contributed by atoms with Gasteiger partial charge in [0.15, 0.2) is 0 Å². The zero-order valence-corrected chi connectivity index (χ0v) is 14.1. The van der Waals surface area contributed by atoms with Crippen molar-refractivity contribution in [2.45, 2.75) is 45.3 Å². The molecule has 0 amide bonds. The topological polar surface area (TPSA) is 52.3 Å². The molecule has 0 aliphatic heterocycles. The van der Waals surface area contributed by atoms with Crippen LogP contribution in [0.5, 0.6) is 5.75 Å². The molecule has 2 rings (SSSR count). The Bertz CT molecular complexity index is 574. The molecule has 1 atom stereocenters. The van der Waals surface area contributed by atoms with E-state index < -0.39 is 15.7 Å². The van der Waals surface area contributed by atoms with E-state index in [4.69, 9.17) is 9.88 Å². The van der Waals surface area contributed by atoms with Crippen LogP contribution in [0.15, 0.2) is 24.3 Å². The molecule has 1 aliphatic carbocycles. The lowest BCUT2D eigenvalue weighted by Crippen LogP contribution is -2.29. The van der Waals surface area contributed by atoms with Crippen molar-refractivity contribution in [2.24, 2.45) is 11.1 Å². The van der Waals surface area contributed by atoms with Crippen LogP contribution in [0.3, 0.4) is 0 Å². The van der Waals surface area contributed by atoms with E-state index in [-0.39, 0.29) is 0 Å². The monoisotopic (exact) mass is 307 g/mol. The summed E-state index contributed by atoms with van der Waals surface area (Å²) in [5.41, 5.74) is 3.30. The molecule has 1 aromatic carbocycles. The first-order valence-corrected chi connectivity index (χ1v) is 8.60. The number of ether oxygens (including phenoxy) is 1. The van der Waals surface area contributed by atoms with Gasteiger partial charge in [0.25, 0.3) is 0 Å². The van der Waals surface area contributed by atoms with Crippen molar-refractivity contribution < 1.29 is 8.95 Å². The van der Waals surface area contributed by atoms with Crippen LogP contribution in [0.1, 0.15) is 44.7 Å². The fraction of sp³-hybridized carbons (Fsp3) is 0.529. The van der Waals surface area contributed by atoms with E-state index in [0.717, 1.165) is 35.0 Å². The van der Waals surface area contributed by atoms with Gasteiger partial charge in [-0.25, -0.2) is 4.21 Å². The summed E-state index contributed by atoms with van der Waals surface area (Å²) >= 11 is 0. The Morgan fingerprint density at radius 3 is 2.71 bits per heavy atom. The molecular formula is C17H25NO2S. The quantitative estimate of drug-likeness (QED) is 0.873.